The molecule has 2 aromatic rings. The molecule has 1 aromatic carbocycles. The molecule has 0 radical (unpaired) electrons. The van der Waals surface area contributed by atoms with E-state index in [9.17, 15) is 0 Å². The molecule has 1 aliphatic heterocycles. The van der Waals surface area contributed by atoms with Crippen molar-refractivity contribution in [1.29, 1.82) is 0 Å². The molecule has 22 heavy (non-hydrogen) atoms. The summed E-state index contributed by atoms with van der Waals surface area (Å²) in [6.07, 6.45) is 6.11. The maximum atomic E-state index is 4.49. The van der Waals surface area contributed by atoms with Gasteiger partial charge in [0.2, 0.25) is 5.95 Å². The molecule has 3 rings (SSSR count). The van der Waals surface area contributed by atoms with E-state index in [1.54, 1.807) is 0 Å². The lowest BCUT2D eigenvalue weighted by molar-refractivity contribution is 0.291. The highest BCUT2D eigenvalue weighted by atomic mass is 15.3. The van der Waals surface area contributed by atoms with Gasteiger partial charge in [-0.05, 0) is 30.4 Å². The standard InChI is InChI=1S/C19H21N3/c1-19(2)11-6-12-22(15-19)18-20-13-17(14-21-18)10-9-16-7-4-3-5-8-16/h3-5,7-8,13-14H,6,11-12,15H2,1-2H3. The van der Waals surface area contributed by atoms with Gasteiger partial charge in [0, 0.05) is 31.0 Å². The van der Waals surface area contributed by atoms with Crippen molar-refractivity contribution in [2.75, 3.05) is 18.0 Å². The molecule has 0 N–H and O–H groups in total. The van der Waals surface area contributed by atoms with Gasteiger partial charge >= 0.3 is 0 Å². The number of piperidine rings is 1. The summed E-state index contributed by atoms with van der Waals surface area (Å²) in [7, 11) is 0. The highest BCUT2D eigenvalue weighted by Gasteiger charge is 2.27. The Labute approximate surface area is 132 Å². The number of anilines is 1. The molecule has 0 saturated carbocycles. The first-order chi connectivity index (χ1) is 10.6. The zero-order valence-corrected chi connectivity index (χ0v) is 13.2. The Kier molecular flexibility index (Phi) is 4.11. The minimum atomic E-state index is 0.341. The topological polar surface area (TPSA) is 29.0 Å². The van der Waals surface area contributed by atoms with Crippen LogP contribution in [-0.4, -0.2) is 23.1 Å². The molecule has 1 fully saturated rings. The van der Waals surface area contributed by atoms with Gasteiger partial charge in [-0.25, -0.2) is 9.97 Å². The van der Waals surface area contributed by atoms with E-state index in [0.29, 0.717) is 5.41 Å². The van der Waals surface area contributed by atoms with Gasteiger partial charge in [-0.1, -0.05) is 43.9 Å². The van der Waals surface area contributed by atoms with Crippen LogP contribution in [0.3, 0.4) is 0 Å². The van der Waals surface area contributed by atoms with Crippen LogP contribution in [-0.2, 0) is 0 Å². The lowest BCUT2D eigenvalue weighted by Gasteiger charge is -2.37. The Morgan fingerprint density at radius 1 is 1.00 bits per heavy atom. The van der Waals surface area contributed by atoms with Crippen molar-refractivity contribution in [1.82, 2.24) is 9.97 Å². The molecule has 0 amide bonds. The van der Waals surface area contributed by atoms with Gasteiger partial charge < -0.3 is 4.90 Å². The number of aromatic nitrogens is 2. The zero-order valence-electron chi connectivity index (χ0n) is 13.2. The maximum Gasteiger partial charge on any atom is 0.225 e. The fourth-order valence-corrected chi connectivity index (χ4v) is 2.81. The minimum Gasteiger partial charge on any atom is -0.340 e. The van der Waals surface area contributed by atoms with Crippen LogP contribution in [0.2, 0.25) is 0 Å². The van der Waals surface area contributed by atoms with Gasteiger partial charge in [-0.15, -0.1) is 0 Å². The Hall–Kier alpha value is -2.34. The molecule has 2 heterocycles. The Bertz CT molecular complexity index is 678. The summed E-state index contributed by atoms with van der Waals surface area (Å²) in [4.78, 5) is 11.3. The number of nitrogens with zero attached hydrogens (tertiary/aromatic N) is 3. The van der Waals surface area contributed by atoms with Crippen molar-refractivity contribution in [2.24, 2.45) is 5.41 Å². The monoisotopic (exact) mass is 291 g/mol. The molecule has 0 unspecified atom stereocenters. The molecule has 0 spiro atoms. The highest BCUT2D eigenvalue weighted by Crippen LogP contribution is 2.29. The number of hydrogen-bond donors (Lipinski definition) is 0. The summed E-state index contributed by atoms with van der Waals surface area (Å²) in [6, 6.07) is 9.96. The summed E-state index contributed by atoms with van der Waals surface area (Å²) >= 11 is 0. The molecule has 1 aromatic heterocycles. The van der Waals surface area contributed by atoms with E-state index in [4.69, 9.17) is 0 Å². The summed E-state index contributed by atoms with van der Waals surface area (Å²) in [5, 5.41) is 0. The summed E-state index contributed by atoms with van der Waals surface area (Å²) < 4.78 is 0. The van der Waals surface area contributed by atoms with Gasteiger partial charge in [0.25, 0.3) is 0 Å². The second-order valence-corrected chi connectivity index (χ2v) is 6.58. The molecule has 3 nitrogen and oxygen atoms in total. The Morgan fingerprint density at radius 3 is 2.36 bits per heavy atom. The van der Waals surface area contributed by atoms with Gasteiger partial charge in [-0.2, -0.15) is 0 Å². The fourth-order valence-electron chi connectivity index (χ4n) is 2.81. The molecular formula is C19H21N3. The summed E-state index contributed by atoms with van der Waals surface area (Å²) in [6.45, 7) is 6.66. The average Bonchev–Trinajstić information content (AvgIpc) is 2.53. The Balaban J connectivity index is 1.72. The largest absolute Gasteiger partial charge is 0.340 e. The third-order valence-corrected chi connectivity index (χ3v) is 3.95. The van der Waals surface area contributed by atoms with Crippen molar-refractivity contribution >= 4 is 5.95 Å². The predicted octanol–water partition coefficient (Wildman–Crippen LogP) is 3.50. The lowest BCUT2D eigenvalue weighted by Crippen LogP contribution is -2.40. The van der Waals surface area contributed by atoms with Crippen LogP contribution >= 0.6 is 0 Å². The molecule has 112 valence electrons. The van der Waals surface area contributed by atoms with Crippen molar-refractivity contribution < 1.29 is 0 Å². The lowest BCUT2D eigenvalue weighted by atomic mass is 9.84. The van der Waals surface area contributed by atoms with E-state index in [-0.39, 0.29) is 0 Å². The fraction of sp³-hybridized carbons (Fsp3) is 0.368. The molecule has 3 heteroatoms. The number of rotatable bonds is 1. The van der Waals surface area contributed by atoms with E-state index >= 15 is 0 Å². The third kappa shape index (κ3) is 3.65. The quantitative estimate of drug-likeness (QED) is 0.753. The molecule has 1 aliphatic rings. The van der Waals surface area contributed by atoms with Crippen LogP contribution in [0.5, 0.6) is 0 Å². The van der Waals surface area contributed by atoms with Gasteiger partial charge in [0.1, 0.15) is 0 Å². The molecular weight excluding hydrogens is 270 g/mol. The van der Waals surface area contributed by atoms with Gasteiger partial charge in [0.05, 0.1) is 5.56 Å². The summed E-state index contributed by atoms with van der Waals surface area (Å²) in [5.41, 5.74) is 2.20. The molecule has 1 saturated heterocycles. The van der Waals surface area contributed by atoms with Crippen LogP contribution < -0.4 is 4.90 Å². The molecule has 0 bridgehead atoms. The SMILES string of the molecule is CC1(C)CCCN(c2ncc(C#Cc3ccccc3)cn2)C1. The van der Waals surface area contributed by atoms with Crippen LogP contribution in [0, 0.1) is 17.3 Å². The van der Waals surface area contributed by atoms with E-state index in [0.717, 1.165) is 30.2 Å². The van der Waals surface area contributed by atoms with Crippen molar-refractivity contribution in [2.45, 2.75) is 26.7 Å². The smallest absolute Gasteiger partial charge is 0.225 e. The van der Waals surface area contributed by atoms with Gasteiger partial charge in [-0.3, -0.25) is 0 Å². The second kappa shape index (κ2) is 6.19. The zero-order chi connectivity index (χ0) is 15.4. The third-order valence-electron chi connectivity index (χ3n) is 3.95. The Morgan fingerprint density at radius 2 is 1.68 bits per heavy atom. The normalized spacial score (nSPS) is 16.7. The van der Waals surface area contributed by atoms with E-state index < -0.39 is 0 Å². The number of hydrogen-bond acceptors (Lipinski definition) is 3. The van der Waals surface area contributed by atoms with Crippen molar-refractivity contribution in [3.8, 4) is 11.8 Å². The number of benzene rings is 1. The van der Waals surface area contributed by atoms with E-state index in [2.05, 4.69) is 40.6 Å². The average molecular weight is 291 g/mol. The predicted molar refractivity (Wildman–Crippen MR) is 89.7 cm³/mol. The van der Waals surface area contributed by atoms with Crippen LogP contribution in [0.4, 0.5) is 5.95 Å². The maximum absolute atomic E-state index is 4.49. The first kappa shape index (κ1) is 14.6. The van der Waals surface area contributed by atoms with Crippen LogP contribution in [0.25, 0.3) is 0 Å². The van der Waals surface area contributed by atoms with Crippen molar-refractivity contribution in [3.05, 3.63) is 53.9 Å². The van der Waals surface area contributed by atoms with E-state index in [1.807, 2.05) is 42.7 Å². The first-order valence-electron chi connectivity index (χ1n) is 7.76. The highest BCUT2D eigenvalue weighted by molar-refractivity contribution is 5.42. The summed E-state index contributed by atoms with van der Waals surface area (Å²) in [5.74, 6) is 7.06. The minimum absolute atomic E-state index is 0.341. The van der Waals surface area contributed by atoms with Crippen molar-refractivity contribution in [3.63, 3.8) is 0 Å². The second-order valence-electron chi connectivity index (χ2n) is 6.58. The van der Waals surface area contributed by atoms with Gasteiger partial charge in [0.15, 0.2) is 0 Å². The van der Waals surface area contributed by atoms with Crippen LogP contribution in [0.15, 0.2) is 42.7 Å². The molecule has 0 atom stereocenters. The van der Waals surface area contributed by atoms with E-state index in [1.165, 1.54) is 12.8 Å². The first-order valence-corrected chi connectivity index (χ1v) is 7.76. The molecule has 0 aliphatic carbocycles. The van der Waals surface area contributed by atoms with Crippen LogP contribution in [0.1, 0.15) is 37.8 Å².